The van der Waals surface area contributed by atoms with Crippen LogP contribution in [-0.2, 0) is 4.74 Å². The molecule has 1 aliphatic heterocycles. The summed E-state index contributed by atoms with van der Waals surface area (Å²) in [4.78, 5) is 8.27. The first kappa shape index (κ1) is 19.8. The van der Waals surface area contributed by atoms with Gasteiger partial charge in [0.25, 0.3) is 0 Å². The Bertz CT molecular complexity index is 912. The number of aromatic nitrogens is 3. The van der Waals surface area contributed by atoms with Crippen molar-refractivity contribution in [3.63, 3.8) is 0 Å². The SMILES string of the molecule is C[C@@]1(O)C(O)C(CO)OC1n1cc(C#C[Si](C)(C)C)c2c(NO)ncnc21. The van der Waals surface area contributed by atoms with E-state index in [1.807, 2.05) is 5.48 Å². The largest absolute Gasteiger partial charge is 0.394 e. The molecule has 0 amide bonds. The molecule has 9 nitrogen and oxygen atoms in total. The minimum atomic E-state index is -1.68. The fourth-order valence-electron chi connectivity index (χ4n) is 3.09. The first-order valence-electron chi connectivity index (χ1n) is 8.55. The maximum absolute atomic E-state index is 10.8. The molecule has 0 aromatic carbocycles. The summed E-state index contributed by atoms with van der Waals surface area (Å²) in [6.07, 6.45) is -0.304. The van der Waals surface area contributed by atoms with E-state index >= 15 is 0 Å². The monoisotopic (exact) mass is 392 g/mol. The second-order valence-corrected chi connectivity index (χ2v) is 12.6. The van der Waals surface area contributed by atoms with Crippen LogP contribution in [0.15, 0.2) is 12.5 Å². The summed E-state index contributed by atoms with van der Waals surface area (Å²) < 4.78 is 7.24. The minimum absolute atomic E-state index is 0.176. The van der Waals surface area contributed by atoms with Crippen LogP contribution < -0.4 is 5.48 Å². The molecule has 3 unspecified atom stereocenters. The molecule has 0 radical (unpaired) electrons. The van der Waals surface area contributed by atoms with Gasteiger partial charge in [0.2, 0.25) is 0 Å². The lowest BCUT2D eigenvalue weighted by Gasteiger charge is -2.27. The van der Waals surface area contributed by atoms with Gasteiger partial charge in [-0.05, 0) is 6.92 Å². The third-order valence-corrected chi connectivity index (χ3v) is 5.35. The van der Waals surface area contributed by atoms with E-state index in [2.05, 4.69) is 41.1 Å². The van der Waals surface area contributed by atoms with Crippen molar-refractivity contribution in [2.45, 2.75) is 50.6 Å². The highest BCUT2D eigenvalue weighted by molar-refractivity contribution is 6.83. The van der Waals surface area contributed by atoms with Gasteiger partial charge in [-0.3, -0.25) is 10.7 Å². The molecule has 2 aromatic heterocycles. The third-order valence-electron chi connectivity index (χ3n) is 4.47. The summed E-state index contributed by atoms with van der Waals surface area (Å²) in [5.41, 5.74) is 4.57. The lowest BCUT2D eigenvalue weighted by molar-refractivity contribution is -0.0948. The van der Waals surface area contributed by atoms with Gasteiger partial charge >= 0.3 is 0 Å². The second-order valence-electron chi connectivity index (χ2n) is 7.86. The van der Waals surface area contributed by atoms with Gasteiger partial charge in [-0.15, -0.1) is 5.54 Å². The van der Waals surface area contributed by atoms with E-state index in [-0.39, 0.29) is 5.82 Å². The highest BCUT2D eigenvalue weighted by Crippen LogP contribution is 2.40. The summed E-state index contributed by atoms with van der Waals surface area (Å²) >= 11 is 0. The zero-order valence-electron chi connectivity index (χ0n) is 15.6. The van der Waals surface area contributed by atoms with Crippen molar-refractivity contribution in [2.24, 2.45) is 0 Å². The van der Waals surface area contributed by atoms with E-state index in [4.69, 9.17) is 4.74 Å². The average molecular weight is 392 g/mol. The number of aliphatic hydroxyl groups is 3. The number of nitrogens with zero attached hydrogens (tertiary/aromatic N) is 3. The van der Waals surface area contributed by atoms with Crippen molar-refractivity contribution in [1.29, 1.82) is 0 Å². The Hall–Kier alpha value is -2.00. The molecule has 3 rings (SSSR count). The Morgan fingerprint density at radius 3 is 2.63 bits per heavy atom. The predicted molar refractivity (Wildman–Crippen MR) is 101 cm³/mol. The summed E-state index contributed by atoms with van der Waals surface area (Å²) in [5, 5.41) is 40.4. The van der Waals surface area contributed by atoms with Gasteiger partial charge in [-0.25, -0.2) is 9.97 Å². The average Bonchev–Trinajstić information content (AvgIpc) is 3.08. The van der Waals surface area contributed by atoms with Crippen LogP contribution in [0.3, 0.4) is 0 Å². The number of ether oxygens (including phenoxy) is 1. The normalized spacial score (nSPS) is 28.2. The molecular weight excluding hydrogens is 368 g/mol. The van der Waals surface area contributed by atoms with E-state index in [1.165, 1.54) is 13.3 Å². The molecule has 10 heteroatoms. The van der Waals surface area contributed by atoms with Crippen molar-refractivity contribution in [3.8, 4) is 11.5 Å². The van der Waals surface area contributed by atoms with Crippen molar-refractivity contribution in [2.75, 3.05) is 12.1 Å². The molecule has 5 N–H and O–H groups in total. The molecule has 1 saturated heterocycles. The Balaban J connectivity index is 2.21. The standard InChI is InChI=1S/C17H24N4O5Si/c1-17(24)13(23)11(8-22)26-16(17)21-7-10(5-6-27(2,3)4)12-14(20-25)18-9-19-15(12)21/h7,9,11,13,16,22-25H,8H2,1-4H3,(H,18,19,20)/t11?,13?,16?,17-/m1/s1. The quantitative estimate of drug-likeness (QED) is 0.289. The number of hydrogen-bond donors (Lipinski definition) is 5. The molecule has 0 spiro atoms. The minimum Gasteiger partial charge on any atom is -0.394 e. The first-order valence-corrected chi connectivity index (χ1v) is 12.1. The van der Waals surface area contributed by atoms with Gasteiger partial charge in [-0.1, -0.05) is 25.6 Å². The first-order chi connectivity index (χ1) is 12.6. The molecule has 4 atom stereocenters. The van der Waals surface area contributed by atoms with Gasteiger partial charge < -0.3 is 24.6 Å². The summed E-state index contributed by atoms with van der Waals surface area (Å²) in [5.74, 6) is 3.30. The topological polar surface area (TPSA) is 133 Å². The zero-order chi connectivity index (χ0) is 20.0. The van der Waals surface area contributed by atoms with Crippen LogP contribution in [0.2, 0.25) is 19.6 Å². The third kappa shape index (κ3) is 3.45. The highest BCUT2D eigenvalue weighted by Gasteiger charge is 2.53. The van der Waals surface area contributed by atoms with Crippen molar-refractivity contribution >= 4 is 24.9 Å². The van der Waals surface area contributed by atoms with E-state index in [0.29, 0.717) is 16.6 Å². The van der Waals surface area contributed by atoms with E-state index in [0.717, 1.165) is 0 Å². The molecule has 2 aromatic rings. The van der Waals surface area contributed by atoms with Crippen LogP contribution in [0.4, 0.5) is 5.82 Å². The molecule has 146 valence electrons. The van der Waals surface area contributed by atoms with Crippen LogP contribution in [0, 0.1) is 11.5 Å². The number of rotatable bonds is 3. The van der Waals surface area contributed by atoms with Crippen LogP contribution >= 0.6 is 0 Å². The Labute approximate surface area is 157 Å². The fraction of sp³-hybridized carbons (Fsp3) is 0.529. The number of nitrogens with one attached hydrogen (secondary N) is 1. The highest BCUT2D eigenvalue weighted by atomic mass is 28.3. The number of aliphatic hydroxyl groups excluding tert-OH is 2. The van der Waals surface area contributed by atoms with Gasteiger partial charge in [0.05, 0.1) is 17.6 Å². The van der Waals surface area contributed by atoms with Crippen LogP contribution in [0.25, 0.3) is 11.0 Å². The smallest absolute Gasteiger partial charge is 0.167 e. The Morgan fingerprint density at radius 2 is 2.07 bits per heavy atom. The van der Waals surface area contributed by atoms with Crippen LogP contribution in [0.1, 0.15) is 18.7 Å². The van der Waals surface area contributed by atoms with Crippen molar-refractivity contribution in [3.05, 3.63) is 18.1 Å². The van der Waals surface area contributed by atoms with Gasteiger partial charge in [-0.2, -0.15) is 0 Å². The molecule has 1 aliphatic rings. The molecule has 0 saturated carbocycles. The number of fused-ring (bicyclic) bond motifs is 1. The van der Waals surface area contributed by atoms with Crippen molar-refractivity contribution < 1.29 is 25.3 Å². The fourth-order valence-corrected chi connectivity index (χ4v) is 3.60. The molecule has 0 bridgehead atoms. The zero-order valence-corrected chi connectivity index (χ0v) is 16.6. The summed E-state index contributed by atoms with van der Waals surface area (Å²) in [7, 11) is -1.68. The maximum Gasteiger partial charge on any atom is 0.167 e. The van der Waals surface area contributed by atoms with Gasteiger partial charge in [0.1, 0.15) is 37.9 Å². The van der Waals surface area contributed by atoms with Crippen molar-refractivity contribution in [1.82, 2.24) is 14.5 Å². The lowest BCUT2D eigenvalue weighted by atomic mass is 9.96. The lowest BCUT2D eigenvalue weighted by Crippen LogP contribution is -2.44. The Morgan fingerprint density at radius 1 is 1.37 bits per heavy atom. The molecule has 0 aliphatic carbocycles. The predicted octanol–water partition coefficient (Wildman–Crippen LogP) is 0.463. The molecule has 27 heavy (non-hydrogen) atoms. The van der Waals surface area contributed by atoms with E-state index in [9.17, 15) is 20.5 Å². The van der Waals surface area contributed by atoms with Gasteiger partial charge in [0.15, 0.2) is 12.0 Å². The maximum atomic E-state index is 10.8. The number of anilines is 1. The Kier molecular flexibility index (Phi) is 5.02. The summed E-state index contributed by atoms with van der Waals surface area (Å²) in [6, 6.07) is 0. The van der Waals surface area contributed by atoms with Crippen LogP contribution in [-0.4, -0.2) is 67.6 Å². The summed E-state index contributed by atoms with van der Waals surface area (Å²) in [6.45, 7) is 7.31. The van der Waals surface area contributed by atoms with Gasteiger partial charge in [0, 0.05) is 6.20 Å². The van der Waals surface area contributed by atoms with E-state index in [1.54, 1.807) is 10.8 Å². The molecular formula is C17H24N4O5Si. The molecule has 3 heterocycles. The second kappa shape index (κ2) is 6.86. The molecule has 1 fully saturated rings. The number of hydrogen-bond acceptors (Lipinski definition) is 8. The van der Waals surface area contributed by atoms with E-state index < -0.39 is 38.7 Å². The van der Waals surface area contributed by atoms with Crippen LogP contribution in [0.5, 0.6) is 0 Å².